The van der Waals surface area contributed by atoms with Crippen LogP contribution in [0.4, 0.5) is 4.79 Å². The maximum atomic E-state index is 12.5. The van der Waals surface area contributed by atoms with Gasteiger partial charge in [0.05, 0.1) is 19.8 Å². The number of ether oxygens (including phenoxy) is 2. The first-order chi connectivity index (χ1) is 11.1. The first-order valence-electron chi connectivity index (χ1n) is 7.69. The van der Waals surface area contributed by atoms with Crippen molar-refractivity contribution in [3.05, 3.63) is 41.6 Å². The van der Waals surface area contributed by atoms with Crippen molar-refractivity contribution >= 4 is 12.0 Å². The van der Waals surface area contributed by atoms with Crippen molar-refractivity contribution in [1.82, 2.24) is 10.6 Å². The molecule has 2 N–H and O–H groups in total. The van der Waals surface area contributed by atoms with E-state index in [1.807, 2.05) is 31.2 Å². The van der Waals surface area contributed by atoms with Gasteiger partial charge < -0.3 is 20.1 Å². The van der Waals surface area contributed by atoms with E-state index in [4.69, 9.17) is 9.47 Å². The molecule has 1 aliphatic heterocycles. The maximum Gasteiger partial charge on any atom is 0.319 e. The molecule has 0 radical (unpaired) electrons. The van der Waals surface area contributed by atoms with Crippen LogP contribution in [0.15, 0.2) is 36.0 Å². The Morgan fingerprint density at radius 3 is 2.70 bits per heavy atom. The molecule has 1 aromatic carbocycles. The van der Waals surface area contributed by atoms with Gasteiger partial charge in [-0.2, -0.15) is 0 Å². The van der Waals surface area contributed by atoms with E-state index in [-0.39, 0.29) is 18.6 Å². The lowest BCUT2D eigenvalue weighted by molar-refractivity contribution is -0.147. The number of carbonyl (C=O) groups excluding carboxylic acids is 2. The van der Waals surface area contributed by atoms with Gasteiger partial charge >= 0.3 is 12.0 Å². The highest BCUT2D eigenvalue weighted by atomic mass is 16.5. The van der Waals surface area contributed by atoms with Gasteiger partial charge in [-0.1, -0.05) is 31.2 Å². The minimum Gasteiger partial charge on any atom is -0.496 e. The van der Waals surface area contributed by atoms with Gasteiger partial charge in [-0.3, -0.25) is 4.79 Å². The summed E-state index contributed by atoms with van der Waals surface area (Å²) in [4.78, 5) is 24.5. The predicted molar refractivity (Wildman–Crippen MR) is 85.9 cm³/mol. The molecule has 1 fully saturated rings. The highest BCUT2D eigenvalue weighted by Crippen LogP contribution is 2.35. The van der Waals surface area contributed by atoms with Gasteiger partial charge in [0, 0.05) is 11.3 Å². The van der Waals surface area contributed by atoms with Crippen LogP contribution in [0.5, 0.6) is 5.75 Å². The Morgan fingerprint density at radius 1 is 1.30 bits per heavy atom. The molecule has 1 aliphatic rings. The number of hydrogen-bond donors (Lipinski definition) is 2. The second-order valence-electron chi connectivity index (χ2n) is 5.12. The van der Waals surface area contributed by atoms with Gasteiger partial charge in [0.1, 0.15) is 11.7 Å². The number of carbonyl (C=O) groups is 2. The molecule has 0 spiro atoms. The van der Waals surface area contributed by atoms with Gasteiger partial charge in [-0.05, 0) is 19.4 Å². The molecule has 0 bridgehead atoms. The summed E-state index contributed by atoms with van der Waals surface area (Å²) in [7, 11) is 1.56. The van der Waals surface area contributed by atoms with Crippen LogP contribution in [0, 0.1) is 5.92 Å². The zero-order valence-corrected chi connectivity index (χ0v) is 13.6. The summed E-state index contributed by atoms with van der Waals surface area (Å²) >= 11 is 0. The van der Waals surface area contributed by atoms with Gasteiger partial charge in [-0.25, -0.2) is 4.79 Å². The van der Waals surface area contributed by atoms with E-state index in [0.29, 0.717) is 17.9 Å². The standard InChI is InChI=1S/C17H22N2O4/c1-4-8-12-14(16(20)23-5-2)15(19-17(21)18-12)11-9-6-7-10-13(11)22-3/h6-10,14-15H,4-5H2,1-3H3,(H2,18,19,21). The first-order valence-corrected chi connectivity index (χ1v) is 7.69. The molecule has 6 nitrogen and oxygen atoms in total. The van der Waals surface area contributed by atoms with Crippen LogP contribution in [-0.2, 0) is 9.53 Å². The SMILES string of the molecule is CCC=C1NC(=O)NC(c2ccccc2OC)C1C(=O)OCC. The molecule has 0 aromatic heterocycles. The number of nitrogens with one attached hydrogen (secondary N) is 2. The minimum absolute atomic E-state index is 0.279. The molecule has 1 heterocycles. The number of methoxy groups -OCH3 is 1. The van der Waals surface area contributed by atoms with Crippen LogP contribution in [0.25, 0.3) is 0 Å². The van der Waals surface area contributed by atoms with Gasteiger partial charge in [0.25, 0.3) is 0 Å². The minimum atomic E-state index is -0.635. The molecule has 1 saturated heterocycles. The summed E-state index contributed by atoms with van der Waals surface area (Å²) in [5, 5.41) is 5.53. The first kappa shape index (κ1) is 16.9. The molecule has 1 aromatic rings. The number of urea groups is 1. The van der Waals surface area contributed by atoms with Crippen molar-refractivity contribution in [2.45, 2.75) is 26.3 Å². The number of rotatable bonds is 5. The molecule has 0 aliphatic carbocycles. The molecule has 2 amide bonds. The highest BCUT2D eigenvalue weighted by molar-refractivity contribution is 5.85. The van der Waals surface area contributed by atoms with E-state index in [0.717, 1.165) is 5.56 Å². The molecule has 2 rings (SSSR count). The Hall–Kier alpha value is -2.50. The van der Waals surface area contributed by atoms with Crippen molar-refractivity contribution in [2.75, 3.05) is 13.7 Å². The van der Waals surface area contributed by atoms with Crippen LogP contribution in [0.3, 0.4) is 0 Å². The van der Waals surface area contributed by atoms with Crippen LogP contribution < -0.4 is 15.4 Å². The lowest BCUT2D eigenvalue weighted by Gasteiger charge is -2.34. The number of hydrogen-bond acceptors (Lipinski definition) is 4. The number of allylic oxidation sites excluding steroid dienone is 1. The summed E-state index contributed by atoms with van der Waals surface area (Å²) in [6.45, 7) is 3.98. The number of amides is 2. The fourth-order valence-electron chi connectivity index (χ4n) is 2.72. The molecule has 23 heavy (non-hydrogen) atoms. The topological polar surface area (TPSA) is 76.7 Å². The third kappa shape index (κ3) is 3.64. The van der Waals surface area contributed by atoms with Crippen molar-refractivity contribution in [2.24, 2.45) is 5.92 Å². The summed E-state index contributed by atoms with van der Waals surface area (Å²) in [6, 6.07) is 6.43. The van der Waals surface area contributed by atoms with Crippen molar-refractivity contribution in [3.8, 4) is 5.75 Å². The normalized spacial score (nSPS) is 22.2. The van der Waals surface area contributed by atoms with E-state index in [9.17, 15) is 9.59 Å². The van der Waals surface area contributed by atoms with Crippen molar-refractivity contribution in [3.63, 3.8) is 0 Å². The molecule has 2 atom stereocenters. The average Bonchev–Trinajstić information content (AvgIpc) is 2.54. The predicted octanol–water partition coefficient (Wildman–Crippen LogP) is 2.52. The fourth-order valence-corrected chi connectivity index (χ4v) is 2.72. The van der Waals surface area contributed by atoms with E-state index < -0.39 is 12.0 Å². The monoisotopic (exact) mass is 318 g/mol. The van der Waals surface area contributed by atoms with Crippen LogP contribution in [0.2, 0.25) is 0 Å². The lowest BCUT2D eigenvalue weighted by atomic mass is 9.87. The van der Waals surface area contributed by atoms with Crippen molar-refractivity contribution < 1.29 is 19.1 Å². The van der Waals surface area contributed by atoms with E-state index in [1.54, 1.807) is 20.1 Å². The third-order valence-corrected chi connectivity index (χ3v) is 3.65. The Bertz CT molecular complexity index is 612. The Balaban J connectivity index is 2.49. The highest BCUT2D eigenvalue weighted by Gasteiger charge is 2.40. The van der Waals surface area contributed by atoms with E-state index in [1.165, 1.54) is 0 Å². The Labute approximate surface area is 135 Å². The number of esters is 1. The lowest BCUT2D eigenvalue weighted by Crippen LogP contribution is -2.51. The molecule has 0 saturated carbocycles. The van der Waals surface area contributed by atoms with Crippen molar-refractivity contribution in [1.29, 1.82) is 0 Å². The van der Waals surface area contributed by atoms with Gasteiger partial charge in [0.15, 0.2) is 0 Å². The van der Waals surface area contributed by atoms with Crippen LogP contribution >= 0.6 is 0 Å². The second kappa shape index (κ2) is 7.67. The number of benzene rings is 1. The number of para-hydroxylation sites is 1. The third-order valence-electron chi connectivity index (χ3n) is 3.65. The maximum absolute atomic E-state index is 12.5. The average molecular weight is 318 g/mol. The quantitative estimate of drug-likeness (QED) is 0.818. The van der Waals surface area contributed by atoms with E-state index in [2.05, 4.69) is 10.6 Å². The molecule has 2 unspecified atom stereocenters. The zero-order chi connectivity index (χ0) is 16.8. The molecular formula is C17H22N2O4. The van der Waals surface area contributed by atoms with Gasteiger partial charge in [-0.15, -0.1) is 0 Å². The van der Waals surface area contributed by atoms with Crippen LogP contribution in [-0.4, -0.2) is 25.7 Å². The summed E-state index contributed by atoms with van der Waals surface area (Å²) < 4.78 is 10.6. The second-order valence-corrected chi connectivity index (χ2v) is 5.12. The molecule has 6 heteroatoms. The van der Waals surface area contributed by atoms with Gasteiger partial charge in [0.2, 0.25) is 0 Å². The Kier molecular flexibility index (Phi) is 5.62. The summed E-state index contributed by atoms with van der Waals surface area (Å²) in [6.07, 6.45) is 2.53. The summed E-state index contributed by atoms with van der Waals surface area (Å²) in [5.41, 5.74) is 1.30. The van der Waals surface area contributed by atoms with E-state index >= 15 is 0 Å². The molecular weight excluding hydrogens is 296 g/mol. The summed E-state index contributed by atoms with van der Waals surface area (Å²) in [5.74, 6) is -0.399. The Morgan fingerprint density at radius 2 is 2.04 bits per heavy atom. The molecule has 124 valence electrons. The smallest absolute Gasteiger partial charge is 0.319 e. The largest absolute Gasteiger partial charge is 0.496 e. The van der Waals surface area contributed by atoms with Crippen LogP contribution in [0.1, 0.15) is 31.9 Å². The fraction of sp³-hybridized carbons (Fsp3) is 0.412. The zero-order valence-electron chi connectivity index (χ0n) is 13.6.